The van der Waals surface area contributed by atoms with Crippen LogP contribution in [0.1, 0.15) is 69.4 Å². The van der Waals surface area contributed by atoms with Gasteiger partial charge in [-0.25, -0.2) is 0 Å². The van der Waals surface area contributed by atoms with Gasteiger partial charge in [0.05, 0.1) is 0 Å². The standard InChI is InChI=1S/C20H28O2/c1-4-7-8-9-10-11-12-13-20(21)22-19-15-17(5-2)14-18(6-3)16-19/h5-6,14-16H,2-4,7-13H2,1H3. The van der Waals surface area contributed by atoms with Crippen LogP contribution in [0.2, 0.25) is 0 Å². The first kappa shape index (κ1) is 18.2. The van der Waals surface area contributed by atoms with Crippen molar-refractivity contribution in [1.82, 2.24) is 0 Å². The van der Waals surface area contributed by atoms with E-state index in [1.54, 1.807) is 12.2 Å². The predicted octanol–water partition coefficient (Wildman–Crippen LogP) is 6.02. The molecule has 1 rings (SSSR count). The van der Waals surface area contributed by atoms with Crippen LogP contribution in [-0.2, 0) is 4.79 Å². The SMILES string of the molecule is C=Cc1cc(C=C)cc(OC(=O)CCCCCCCCC)c1. The summed E-state index contributed by atoms with van der Waals surface area (Å²) < 4.78 is 5.41. The maximum Gasteiger partial charge on any atom is 0.311 e. The number of unbranched alkanes of at least 4 members (excludes halogenated alkanes) is 6. The van der Waals surface area contributed by atoms with Gasteiger partial charge in [-0.3, -0.25) is 4.79 Å². The highest BCUT2D eigenvalue weighted by molar-refractivity contribution is 5.73. The van der Waals surface area contributed by atoms with Gasteiger partial charge in [0.1, 0.15) is 5.75 Å². The number of ether oxygens (including phenoxy) is 1. The van der Waals surface area contributed by atoms with Gasteiger partial charge in [0.15, 0.2) is 0 Å². The molecule has 0 unspecified atom stereocenters. The van der Waals surface area contributed by atoms with E-state index in [9.17, 15) is 4.79 Å². The first-order valence-corrected chi connectivity index (χ1v) is 8.30. The molecule has 0 amide bonds. The highest BCUT2D eigenvalue weighted by Crippen LogP contribution is 2.20. The number of carbonyl (C=O) groups excluding carboxylic acids is 1. The molecule has 1 aromatic carbocycles. The fourth-order valence-electron chi connectivity index (χ4n) is 2.35. The largest absolute Gasteiger partial charge is 0.426 e. The predicted molar refractivity (Wildman–Crippen MR) is 94.9 cm³/mol. The molecule has 0 aromatic heterocycles. The van der Waals surface area contributed by atoms with Gasteiger partial charge < -0.3 is 4.74 Å². The Morgan fingerprint density at radius 2 is 1.50 bits per heavy atom. The lowest BCUT2D eigenvalue weighted by Crippen LogP contribution is -2.07. The fraction of sp³-hybridized carbons (Fsp3) is 0.450. The molecule has 0 aliphatic rings. The maximum atomic E-state index is 11.9. The smallest absolute Gasteiger partial charge is 0.311 e. The van der Waals surface area contributed by atoms with Gasteiger partial charge >= 0.3 is 5.97 Å². The highest BCUT2D eigenvalue weighted by atomic mass is 16.5. The first-order valence-electron chi connectivity index (χ1n) is 8.30. The number of hydrogen-bond donors (Lipinski definition) is 0. The van der Waals surface area contributed by atoms with Crippen LogP contribution in [0.15, 0.2) is 31.4 Å². The molecule has 0 heterocycles. The third kappa shape index (κ3) is 7.26. The number of hydrogen-bond acceptors (Lipinski definition) is 2. The van der Waals surface area contributed by atoms with Crippen LogP contribution in [0.3, 0.4) is 0 Å². The number of carbonyl (C=O) groups is 1. The van der Waals surface area contributed by atoms with E-state index in [1.807, 2.05) is 18.2 Å². The van der Waals surface area contributed by atoms with Gasteiger partial charge in [-0.2, -0.15) is 0 Å². The molecule has 2 heteroatoms. The Bertz CT molecular complexity index is 462. The Hall–Kier alpha value is -1.83. The monoisotopic (exact) mass is 300 g/mol. The second-order valence-corrected chi connectivity index (χ2v) is 5.59. The van der Waals surface area contributed by atoms with Crippen LogP contribution in [0.25, 0.3) is 12.2 Å². The summed E-state index contributed by atoms with van der Waals surface area (Å²) in [7, 11) is 0. The molecule has 0 saturated heterocycles. The van der Waals surface area contributed by atoms with E-state index in [0.717, 1.165) is 24.0 Å². The van der Waals surface area contributed by atoms with E-state index in [0.29, 0.717) is 12.2 Å². The number of rotatable bonds is 11. The molecule has 0 N–H and O–H groups in total. The average molecular weight is 300 g/mol. The number of benzene rings is 1. The minimum absolute atomic E-state index is 0.162. The zero-order chi connectivity index (χ0) is 16.2. The zero-order valence-corrected chi connectivity index (χ0v) is 13.8. The van der Waals surface area contributed by atoms with Gasteiger partial charge in [-0.15, -0.1) is 0 Å². The summed E-state index contributed by atoms with van der Waals surface area (Å²) >= 11 is 0. The van der Waals surface area contributed by atoms with Crippen molar-refractivity contribution in [3.8, 4) is 5.75 Å². The molecule has 1 aromatic rings. The summed E-state index contributed by atoms with van der Waals surface area (Å²) in [5.41, 5.74) is 1.85. The third-order valence-electron chi connectivity index (χ3n) is 3.64. The van der Waals surface area contributed by atoms with Crippen molar-refractivity contribution < 1.29 is 9.53 Å². The average Bonchev–Trinajstić information content (AvgIpc) is 2.53. The van der Waals surface area contributed by atoms with E-state index in [2.05, 4.69) is 20.1 Å². The highest BCUT2D eigenvalue weighted by Gasteiger charge is 2.06. The van der Waals surface area contributed by atoms with Gasteiger partial charge in [0.25, 0.3) is 0 Å². The Morgan fingerprint density at radius 1 is 0.955 bits per heavy atom. The van der Waals surface area contributed by atoms with Crippen LogP contribution < -0.4 is 4.74 Å². The van der Waals surface area contributed by atoms with E-state index in [-0.39, 0.29) is 5.97 Å². The van der Waals surface area contributed by atoms with E-state index >= 15 is 0 Å². The van der Waals surface area contributed by atoms with Gasteiger partial charge in [-0.05, 0) is 35.7 Å². The van der Waals surface area contributed by atoms with Crippen LogP contribution in [0.5, 0.6) is 5.75 Å². The molecule has 0 bridgehead atoms. The Labute approximate surface area is 134 Å². The molecule has 0 spiro atoms. The maximum absolute atomic E-state index is 11.9. The van der Waals surface area contributed by atoms with Crippen molar-refractivity contribution in [3.63, 3.8) is 0 Å². The number of esters is 1. The van der Waals surface area contributed by atoms with E-state index < -0.39 is 0 Å². The van der Waals surface area contributed by atoms with Gasteiger partial charge in [-0.1, -0.05) is 70.8 Å². The first-order chi connectivity index (χ1) is 10.7. The normalized spacial score (nSPS) is 10.2. The Morgan fingerprint density at radius 3 is 2.05 bits per heavy atom. The van der Waals surface area contributed by atoms with Crippen molar-refractivity contribution in [2.45, 2.75) is 58.3 Å². The quantitative estimate of drug-likeness (QED) is 0.284. The van der Waals surface area contributed by atoms with E-state index in [1.165, 1.54) is 32.1 Å². The lowest BCUT2D eigenvalue weighted by Gasteiger charge is -2.07. The molecule has 2 nitrogen and oxygen atoms in total. The summed E-state index contributed by atoms with van der Waals surface area (Å²) in [5.74, 6) is 0.407. The molecule has 0 atom stereocenters. The lowest BCUT2D eigenvalue weighted by atomic mass is 10.1. The molecule has 120 valence electrons. The minimum atomic E-state index is -0.162. The van der Waals surface area contributed by atoms with Crippen molar-refractivity contribution in [1.29, 1.82) is 0 Å². The summed E-state index contributed by atoms with van der Waals surface area (Å²) in [6.45, 7) is 9.70. The topological polar surface area (TPSA) is 26.3 Å². The molecule has 22 heavy (non-hydrogen) atoms. The van der Waals surface area contributed by atoms with Crippen LogP contribution in [0.4, 0.5) is 0 Å². The molecule has 0 aliphatic heterocycles. The van der Waals surface area contributed by atoms with Crippen molar-refractivity contribution in [2.75, 3.05) is 0 Å². The second kappa shape index (κ2) is 10.8. The molecule has 0 radical (unpaired) electrons. The van der Waals surface area contributed by atoms with Gasteiger partial charge in [0, 0.05) is 6.42 Å². The Balaban J connectivity index is 2.33. The van der Waals surface area contributed by atoms with Crippen LogP contribution in [0, 0.1) is 0 Å². The van der Waals surface area contributed by atoms with Crippen LogP contribution >= 0.6 is 0 Å². The van der Waals surface area contributed by atoms with Crippen LogP contribution in [-0.4, -0.2) is 5.97 Å². The Kier molecular flexibility index (Phi) is 8.97. The molecular weight excluding hydrogens is 272 g/mol. The molecular formula is C20H28O2. The molecule has 0 fully saturated rings. The molecule has 0 saturated carbocycles. The van der Waals surface area contributed by atoms with E-state index in [4.69, 9.17) is 4.74 Å². The van der Waals surface area contributed by atoms with Gasteiger partial charge in [0.2, 0.25) is 0 Å². The van der Waals surface area contributed by atoms with Crippen molar-refractivity contribution in [3.05, 3.63) is 42.5 Å². The summed E-state index contributed by atoms with van der Waals surface area (Å²) in [6.07, 6.45) is 12.3. The minimum Gasteiger partial charge on any atom is -0.426 e. The summed E-state index contributed by atoms with van der Waals surface area (Å²) in [4.78, 5) is 11.9. The summed E-state index contributed by atoms with van der Waals surface area (Å²) in [6, 6.07) is 5.60. The third-order valence-corrected chi connectivity index (χ3v) is 3.64. The second-order valence-electron chi connectivity index (χ2n) is 5.59. The summed E-state index contributed by atoms with van der Waals surface area (Å²) in [5, 5.41) is 0. The zero-order valence-electron chi connectivity index (χ0n) is 13.8. The molecule has 0 aliphatic carbocycles. The van der Waals surface area contributed by atoms with Crippen molar-refractivity contribution >= 4 is 18.1 Å². The fourth-order valence-corrected chi connectivity index (χ4v) is 2.35. The van der Waals surface area contributed by atoms with Crippen molar-refractivity contribution in [2.24, 2.45) is 0 Å². The lowest BCUT2D eigenvalue weighted by molar-refractivity contribution is -0.134.